The van der Waals surface area contributed by atoms with Crippen molar-refractivity contribution in [1.29, 1.82) is 0 Å². The lowest BCUT2D eigenvalue weighted by atomic mass is 9.99. The summed E-state index contributed by atoms with van der Waals surface area (Å²) in [4.78, 5) is 27.6. The van der Waals surface area contributed by atoms with Crippen LogP contribution in [-0.2, 0) is 17.8 Å². The van der Waals surface area contributed by atoms with Gasteiger partial charge in [-0.25, -0.2) is 4.68 Å². The number of nitrogens with two attached hydrogens (primary N) is 1. The summed E-state index contributed by atoms with van der Waals surface area (Å²) < 4.78 is 1.37. The van der Waals surface area contributed by atoms with Gasteiger partial charge in [0, 0.05) is 32.0 Å². The monoisotopic (exact) mass is 328 g/mol. The standard InChI is InChI=1S/C16H20N6O2/c1-20(2)15(23)10-21-9-13(18-19-21)16(24)22-8-4-5-11-12(17)6-3-7-14(11)22/h3,6-7,9H,4-5,8,10,17H2,1-2H3. The van der Waals surface area contributed by atoms with Crippen molar-refractivity contribution in [3.63, 3.8) is 0 Å². The minimum Gasteiger partial charge on any atom is -0.398 e. The first-order chi connectivity index (χ1) is 11.5. The minimum atomic E-state index is -0.231. The number of aromatic nitrogens is 3. The van der Waals surface area contributed by atoms with Gasteiger partial charge in [-0.1, -0.05) is 11.3 Å². The van der Waals surface area contributed by atoms with Gasteiger partial charge in [0.05, 0.1) is 6.20 Å². The third-order valence-corrected chi connectivity index (χ3v) is 4.09. The molecule has 0 radical (unpaired) electrons. The zero-order chi connectivity index (χ0) is 17.3. The smallest absolute Gasteiger partial charge is 0.280 e. The van der Waals surface area contributed by atoms with Crippen LogP contribution in [-0.4, -0.2) is 52.3 Å². The summed E-state index contributed by atoms with van der Waals surface area (Å²) in [6, 6.07) is 5.57. The Bertz CT molecular complexity index is 783. The van der Waals surface area contributed by atoms with E-state index in [4.69, 9.17) is 5.73 Å². The first-order valence-corrected chi connectivity index (χ1v) is 7.77. The Labute approximate surface area is 139 Å². The summed E-state index contributed by atoms with van der Waals surface area (Å²) in [7, 11) is 3.33. The van der Waals surface area contributed by atoms with Crippen molar-refractivity contribution in [3.8, 4) is 0 Å². The molecule has 0 aliphatic carbocycles. The first kappa shape index (κ1) is 16.0. The van der Waals surface area contributed by atoms with Crippen LogP contribution in [0.5, 0.6) is 0 Å². The summed E-state index contributed by atoms with van der Waals surface area (Å²) in [6.07, 6.45) is 3.21. The van der Waals surface area contributed by atoms with Gasteiger partial charge in [-0.3, -0.25) is 9.59 Å². The Hall–Kier alpha value is -2.90. The molecule has 2 N–H and O–H groups in total. The highest BCUT2D eigenvalue weighted by molar-refractivity contribution is 6.05. The molecular weight excluding hydrogens is 308 g/mol. The number of nitrogens with zero attached hydrogens (tertiary/aromatic N) is 5. The van der Waals surface area contributed by atoms with Crippen LogP contribution in [0.2, 0.25) is 0 Å². The van der Waals surface area contributed by atoms with E-state index in [1.165, 1.54) is 15.8 Å². The summed E-state index contributed by atoms with van der Waals surface area (Å²) in [5, 5.41) is 7.79. The van der Waals surface area contributed by atoms with Crippen LogP contribution in [0.15, 0.2) is 24.4 Å². The summed E-state index contributed by atoms with van der Waals surface area (Å²) in [5.41, 5.74) is 8.75. The molecule has 0 fully saturated rings. The van der Waals surface area contributed by atoms with Crippen LogP contribution in [0.1, 0.15) is 22.5 Å². The third kappa shape index (κ3) is 2.94. The Morgan fingerprint density at radius 1 is 1.33 bits per heavy atom. The molecule has 0 bridgehead atoms. The predicted molar refractivity (Wildman–Crippen MR) is 89.6 cm³/mol. The molecule has 1 aliphatic heterocycles. The second-order valence-electron chi connectivity index (χ2n) is 5.99. The van der Waals surface area contributed by atoms with E-state index >= 15 is 0 Å². The lowest BCUT2D eigenvalue weighted by molar-refractivity contribution is -0.129. The number of hydrogen-bond donors (Lipinski definition) is 1. The van der Waals surface area contributed by atoms with Crippen LogP contribution in [0.3, 0.4) is 0 Å². The van der Waals surface area contributed by atoms with Crippen LogP contribution < -0.4 is 10.6 Å². The maximum Gasteiger partial charge on any atom is 0.280 e. The van der Waals surface area contributed by atoms with Crippen molar-refractivity contribution in [3.05, 3.63) is 35.7 Å². The predicted octanol–water partition coefficient (Wildman–Crippen LogP) is 0.541. The van der Waals surface area contributed by atoms with E-state index < -0.39 is 0 Å². The number of hydrogen-bond acceptors (Lipinski definition) is 5. The number of fused-ring (bicyclic) bond motifs is 1. The van der Waals surface area contributed by atoms with E-state index in [2.05, 4.69) is 10.3 Å². The van der Waals surface area contributed by atoms with Gasteiger partial charge < -0.3 is 15.5 Å². The Morgan fingerprint density at radius 2 is 2.12 bits per heavy atom. The van der Waals surface area contributed by atoms with Crippen LogP contribution in [0, 0.1) is 0 Å². The number of carbonyl (C=O) groups excluding carboxylic acids is 2. The molecule has 1 aliphatic rings. The van der Waals surface area contributed by atoms with Crippen molar-refractivity contribution >= 4 is 23.2 Å². The summed E-state index contributed by atoms with van der Waals surface area (Å²) in [6.45, 7) is 0.662. The van der Waals surface area contributed by atoms with Gasteiger partial charge in [0.2, 0.25) is 5.91 Å². The SMILES string of the molecule is CN(C)C(=O)Cn1cc(C(=O)N2CCCc3c(N)cccc32)nn1. The van der Waals surface area contributed by atoms with Crippen molar-refractivity contribution in [2.24, 2.45) is 0 Å². The maximum absolute atomic E-state index is 12.8. The van der Waals surface area contributed by atoms with Gasteiger partial charge in [-0.15, -0.1) is 5.10 Å². The highest BCUT2D eigenvalue weighted by Gasteiger charge is 2.26. The second-order valence-corrected chi connectivity index (χ2v) is 5.99. The van der Waals surface area contributed by atoms with E-state index in [1.54, 1.807) is 19.0 Å². The Balaban J connectivity index is 1.83. The molecule has 8 heteroatoms. The van der Waals surface area contributed by atoms with Crippen molar-refractivity contribution in [1.82, 2.24) is 19.9 Å². The van der Waals surface area contributed by atoms with Crippen molar-refractivity contribution < 1.29 is 9.59 Å². The summed E-state index contributed by atoms with van der Waals surface area (Å²) in [5.74, 6) is -0.347. The van der Waals surface area contributed by atoms with Crippen molar-refractivity contribution in [2.45, 2.75) is 19.4 Å². The fraction of sp³-hybridized carbons (Fsp3) is 0.375. The fourth-order valence-electron chi connectivity index (χ4n) is 2.75. The molecule has 0 saturated heterocycles. The molecule has 2 heterocycles. The average molecular weight is 328 g/mol. The van der Waals surface area contributed by atoms with Gasteiger partial charge in [0.15, 0.2) is 5.69 Å². The van der Waals surface area contributed by atoms with Gasteiger partial charge in [0.1, 0.15) is 6.54 Å². The highest BCUT2D eigenvalue weighted by atomic mass is 16.2. The number of nitrogen functional groups attached to an aromatic ring is 1. The number of amides is 2. The maximum atomic E-state index is 12.8. The molecule has 1 aromatic heterocycles. The normalized spacial score (nSPS) is 13.5. The first-order valence-electron chi connectivity index (χ1n) is 7.77. The van der Waals surface area contributed by atoms with E-state index in [1.807, 2.05) is 18.2 Å². The lowest BCUT2D eigenvalue weighted by Gasteiger charge is -2.29. The Morgan fingerprint density at radius 3 is 2.88 bits per heavy atom. The zero-order valence-corrected chi connectivity index (χ0v) is 13.8. The molecule has 0 atom stereocenters. The van der Waals surface area contributed by atoms with E-state index in [0.717, 1.165) is 24.1 Å². The lowest BCUT2D eigenvalue weighted by Crippen LogP contribution is -2.36. The minimum absolute atomic E-state index is 0.0524. The number of rotatable bonds is 3. The topological polar surface area (TPSA) is 97.4 Å². The van der Waals surface area contributed by atoms with Gasteiger partial charge in [-0.2, -0.15) is 0 Å². The second kappa shape index (κ2) is 6.31. The molecule has 1 aromatic carbocycles. The summed E-state index contributed by atoms with van der Waals surface area (Å²) >= 11 is 0. The molecule has 2 aromatic rings. The van der Waals surface area contributed by atoms with Gasteiger partial charge in [0.25, 0.3) is 5.91 Å². The van der Waals surface area contributed by atoms with Crippen LogP contribution in [0.4, 0.5) is 11.4 Å². The van der Waals surface area contributed by atoms with E-state index in [0.29, 0.717) is 12.2 Å². The highest BCUT2D eigenvalue weighted by Crippen LogP contribution is 2.31. The molecule has 8 nitrogen and oxygen atoms in total. The quantitative estimate of drug-likeness (QED) is 0.830. The van der Waals surface area contributed by atoms with E-state index in [9.17, 15) is 9.59 Å². The fourth-order valence-corrected chi connectivity index (χ4v) is 2.75. The molecule has 24 heavy (non-hydrogen) atoms. The molecular formula is C16H20N6O2. The number of anilines is 2. The molecule has 0 saturated carbocycles. The van der Waals surface area contributed by atoms with E-state index in [-0.39, 0.29) is 24.1 Å². The molecule has 0 spiro atoms. The molecule has 3 rings (SSSR count). The van der Waals surface area contributed by atoms with Crippen LogP contribution >= 0.6 is 0 Å². The largest absolute Gasteiger partial charge is 0.398 e. The molecule has 2 amide bonds. The zero-order valence-electron chi connectivity index (χ0n) is 13.8. The molecule has 0 unspecified atom stereocenters. The number of carbonyl (C=O) groups is 2. The number of likely N-dealkylation sites (N-methyl/N-ethyl adjacent to an activating group) is 1. The van der Waals surface area contributed by atoms with Crippen molar-refractivity contribution in [2.75, 3.05) is 31.3 Å². The Kier molecular flexibility index (Phi) is 4.20. The average Bonchev–Trinajstić information content (AvgIpc) is 3.02. The molecule has 126 valence electrons. The number of benzene rings is 1. The van der Waals surface area contributed by atoms with Gasteiger partial charge in [-0.05, 0) is 30.5 Å². The third-order valence-electron chi connectivity index (χ3n) is 4.09. The van der Waals surface area contributed by atoms with Crippen LogP contribution in [0.25, 0.3) is 0 Å². The van der Waals surface area contributed by atoms with Gasteiger partial charge >= 0.3 is 0 Å².